The van der Waals surface area contributed by atoms with Gasteiger partial charge < -0.3 is 5.73 Å². The molecule has 2 rings (SSSR count). The van der Waals surface area contributed by atoms with Crippen molar-refractivity contribution in [3.63, 3.8) is 0 Å². The highest BCUT2D eigenvalue weighted by Gasteiger charge is 2.19. The van der Waals surface area contributed by atoms with E-state index >= 15 is 0 Å². The van der Waals surface area contributed by atoms with Gasteiger partial charge in [0, 0.05) is 6.54 Å². The van der Waals surface area contributed by atoms with E-state index in [1.165, 1.54) is 12.1 Å². The molecule has 0 aliphatic carbocycles. The summed E-state index contributed by atoms with van der Waals surface area (Å²) < 4.78 is 13.4. The van der Waals surface area contributed by atoms with Gasteiger partial charge >= 0.3 is 0 Å². The van der Waals surface area contributed by atoms with Crippen molar-refractivity contribution in [2.45, 2.75) is 19.5 Å². The molecule has 0 bridgehead atoms. The molecule has 0 radical (unpaired) electrons. The van der Waals surface area contributed by atoms with E-state index in [1.54, 1.807) is 6.07 Å². The fraction of sp³-hybridized carbons (Fsp3) is 0.188. The predicted molar refractivity (Wildman–Crippen MR) is 76.4 cm³/mol. The van der Waals surface area contributed by atoms with Crippen LogP contribution in [-0.2, 0) is 11.3 Å². The number of aryl methyl sites for hydroxylation is 1. The van der Waals surface area contributed by atoms with Gasteiger partial charge in [0.25, 0.3) is 0 Å². The highest BCUT2D eigenvalue weighted by molar-refractivity contribution is 5.81. The monoisotopic (exact) mass is 272 g/mol. The van der Waals surface area contributed by atoms with Gasteiger partial charge in [-0.15, -0.1) is 0 Å². The first-order chi connectivity index (χ1) is 9.58. The zero-order valence-electron chi connectivity index (χ0n) is 11.3. The molecule has 0 fully saturated rings. The summed E-state index contributed by atoms with van der Waals surface area (Å²) in [4.78, 5) is 11.6. The molecule has 4 heteroatoms. The zero-order valence-corrected chi connectivity index (χ0v) is 11.3. The molecule has 0 spiro atoms. The second-order valence-electron chi connectivity index (χ2n) is 4.70. The van der Waals surface area contributed by atoms with Crippen LogP contribution in [-0.4, -0.2) is 5.91 Å². The maximum Gasteiger partial charge on any atom is 0.239 e. The molecule has 2 aromatic rings. The van der Waals surface area contributed by atoms with E-state index < -0.39 is 11.9 Å². The van der Waals surface area contributed by atoms with Crippen molar-refractivity contribution in [3.05, 3.63) is 71.0 Å². The molecule has 1 unspecified atom stereocenters. The summed E-state index contributed by atoms with van der Waals surface area (Å²) >= 11 is 0. The van der Waals surface area contributed by atoms with Crippen LogP contribution in [0.2, 0.25) is 0 Å². The van der Waals surface area contributed by atoms with Gasteiger partial charge in [-0.1, -0.05) is 36.4 Å². The number of halogens is 1. The first-order valence-electron chi connectivity index (χ1n) is 6.40. The Hall–Kier alpha value is -2.20. The van der Waals surface area contributed by atoms with Crippen LogP contribution in [0.1, 0.15) is 22.7 Å². The van der Waals surface area contributed by atoms with Gasteiger partial charge in [-0.2, -0.15) is 0 Å². The van der Waals surface area contributed by atoms with Crippen molar-refractivity contribution in [2.24, 2.45) is 5.73 Å². The lowest BCUT2D eigenvalue weighted by Crippen LogP contribution is -2.33. The fourth-order valence-corrected chi connectivity index (χ4v) is 2.10. The molecule has 0 aliphatic heterocycles. The van der Waals surface area contributed by atoms with Gasteiger partial charge in [0.15, 0.2) is 0 Å². The van der Waals surface area contributed by atoms with E-state index in [-0.39, 0.29) is 5.82 Å². The number of nitrogens with two attached hydrogens (primary N) is 1. The predicted octanol–water partition coefficient (Wildman–Crippen LogP) is 2.45. The van der Waals surface area contributed by atoms with Crippen molar-refractivity contribution >= 4 is 5.91 Å². The van der Waals surface area contributed by atoms with Crippen LogP contribution >= 0.6 is 0 Å². The maximum atomic E-state index is 13.4. The lowest BCUT2D eigenvalue weighted by atomic mass is 10.00. The van der Waals surface area contributed by atoms with Crippen LogP contribution in [0, 0.1) is 12.7 Å². The molecular weight excluding hydrogens is 255 g/mol. The number of primary amides is 1. The third-order valence-corrected chi connectivity index (χ3v) is 3.19. The van der Waals surface area contributed by atoms with Crippen molar-refractivity contribution in [1.82, 2.24) is 5.32 Å². The van der Waals surface area contributed by atoms with Crippen molar-refractivity contribution in [3.8, 4) is 0 Å². The van der Waals surface area contributed by atoms with Crippen molar-refractivity contribution < 1.29 is 9.18 Å². The van der Waals surface area contributed by atoms with Crippen LogP contribution in [0.4, 0.5) is 4.39 Å². The van der Waals surface area contributed by atoms with Crippen molar-refractivity contribution in [2.75, 3.05) is 0 Å². The van der Waals surface area contributed by atoms with Crippen LogP contribution in [0.5, 0.6) is 0 Å². The molecule has 0 saturated carbocycles. The summed E-state index contributed by atoms with van der Waals surface area (Å²) in [7, 11) is 0. The summed E-state index contributed by atoms with van der Waals surface area (Å²) in [6.45, 7) is 2.32. The number of hydrogen-bond donors (Lipinski definition) is 2. The van der Waals surface area contributed by atoms with E-state index in [1.807, 2.05) is 37.3 Å². The third-order valence-electron chi connectivity index (χ3n) is 3.19. The Labute approximate surface area is 117 Å². The van der Waals surface area contributed by atoms with Gasteiger partial charge in [0.05, 0.1) is 0 Å². The van der Waals surface area contributed by atoms with Gasteiger partial charge in [-0.25, -0.2) is 4.39 Å². The first kappa shape index (κ1) is 14.2. The molecule has 1 atom stereocenters. The molecule has 3 N–H and O–H groups in total. The summed E-state index contributed by atoms with van der Waals surface area (Å²) in [5.41, 5.74) is 7.87. The topological polar surface area (TPSA) is 55.1 Å². The number of hydrogen-bond acceptors (Lipinski definition) is 2. The normalized spacial score (nSPS) is 12.1. The smallest absolute Gasteiger partial charge is 0.239 e. The Morgan fingerprint density at radius 1 is 1.25 bits per heavy atom. The second-order valence-corrected chi connectivity index (χ2v) is 4.70. The average Bonchev–Trinajstić information content (AvgIpc) is 2.43. The number of rotatable bonds is 5. The molecule has 1 amide bonds. The summed E-state index contributed by atoms with van der Waals surface area (Å²) in [5, 5.41) is 3.08. The minimum absolute atomic E-state index is 0.377. The lowest BCUT2D eigenvalue weighted by Gasteiger charge is -2.18. The highest BCUT2D eigenvalue weighted by atomic mass is 19.1. The van der Waals surface area contributed by atoms with Crippen LogP contribution in [0.3, 0.4) is 0 Å². The third kappa shape index (κ3) is 3.42. The van der Waals surface area contributed by atoms with E-state index in [0.29, 0.717) is 12.1 Å². The Kier molecular flexibility index (Phi) is 4.48. The minimum atomic E-state index is -0.703. The Morgan fingerprint density at radius 2 is 1.95 bits per heavy atom. The molecular formula is C16H17FN2O. The molecule has 0 saturated heterocycles. The molecule has 20 heavy (non-hydrogen) atoms. The quantitative estimate of drug-likeness (QED) is 0.878. The molecule has 0 aromatic heterocycles. The number of carbonyl (C=O) groups is 1. The zero-order chi connectivity index (χ0) is 14.5. The number of benzene rings is 2. The van der Waals surface area contributed by atoms with E-state index in [2.05, 4.69) is 5.32 Å². The maximum absolute atomic E-state index is 13.4. The van der Waals surface area contributed by atoms with E-state index in [9.17, 15) is 9.18 Å². The van der Waals surface area contributed by atoms with Gasteiger partial charge in [-0.3, -0.25) is 10.1 Å². The molecule has 0 heterocycles. The van der Waals surface area contributed by atoms with Gasteiger partial charge in [0.1, 0.15) is 11.9 Å². The van der Waals surface area contributed by atoms with Crippen LogP contribution in [0.15, 0.2) is 48.5 Å². The molecule has 3 nitrogen and oxygen atoms in total. The fourth-order valence-electron chi connectivity index (χ4n) is 2.10. The largest absolute Gasteiger partial charge is 0.368 e. The molecule has 104 valence electrons. The summed E-state index contributed by atoms with van der Waals surface area (Å²) in [6.07, 6.45) is 0. The van der Waals surface area contributed by atoms with E-state index in [4.69, 9.17) is 5.73 Å². The van der Waals surface area contributed by atoms with Crippen molar-refractivity contribution in [1.29, 1.82) is 0 Å². The Morgan fingerprint density at radius 3 is 2.60 bits per heavy atom. The SMILES string of the molecule is Cc1ccc(F)cc1C(NCc1ccccc1)C(N)=O. The molecule has 2 aromatic carbocycles. The van der Waals surface area contributed by atoms with Gasteiger partial charge in [-0.05, 0) is 35.7 Å². The summed E-state index contributed by atoms with van der Waals surface area (Å²) in [6, 6.07) is 13.3. The highest BCUT2D eigenvalue weighted by Crippen LogP contribution is 2.19. The standard InChI is InChI=1S/C16H17FN2O/c1-11-7-8-13(17)9-14(11)15(16(18)20)19-10-12-5-3-2-4-6-12/h2-9,15,19H,10H2,1H3,(H2,18,20). The van der Waals surface area contributed by atoms with Crippen LogP contribution in [0.25, 0.3) is 0 Å². The number of amides is 1. The summed E-state index contributed by atoms with van der Waals surface area (Å²) in [5.74, 6) is -0.895. The average molecular weight is 272 g/mol. The Balaban J connectivity index is 2.19. The first-order valence-corrected chi connectivity index (χ1v) is 6.40. The lowest BCUT2D eigenvalue weighted by molar-refractivity contribution is -0.120. The van der Waals surface area contributed by atoms with E-state index in [0.717, 1.165) is 11.1 Å². The van der Waals surface area contributed by atoms with Gasteiger partial charge in [0.2, 0.25) is 5.91 Å². The molecule has 0 aliphatic rings. The number of nitrogens with one attached hydrogen (secondary N) is 1. The number of carbonyl (C=O) groups excluding carboxylic acids is 1. The second kappa shape index (κ2) is 6.30. The van der Waals surface area contributed by atoms with Crippen LogP contribution < -0.4 is 11.1 Å². The minimum Gasteiger partial charge on any atom is -0.368 e. The Bertz CT molecular complexity index is 599.